The van der Waals surface area contributed by atoms with Gasteiger partial charge in [-0.1, -0.05) is 6.07 Å². The van der Waals surface area contributed by atoms with E-state index in [1.54, 1.807) is 30.3 Å². The van der Waals surface area contributed by atoms with E-state index in [1.807, 2.05) is 32.9 Å². The number of nitrogens with one attached hydrogen (secondary N) is 1. The molecule has 0 heterocycles. The Bertz CT molecular complexity index is 893. The Morgan fingerprint density at radius 3 is 2.30 bits per heavy atom. The first-order valence-corrected chi connectivity index (χ1v) is 10.6. The molecule has 0 atom stereocenters. The predicted octanol–water partition coefficient (Wildman–Crippen LogP) is 3.50. The van der Waals surface area contributed by atoms with Crippen LogP contribution in [-0.2, 0) is 14.8 Å². The zero-order valence-electron chi connectivity index (χ0n) is 16.2. The van der Waals surface area contributed by atoms with E-state index in [1.165, 1.54) is 4.31 Å². The minimum atomic E-state index is -3.49. The topological polar surface area (TPSA) is 75.7 Å². The molecule has 0 aliphatic rings. The molecular weight excluding hydrogens is 364 g/mol. The zero-order valence-corrected chi connectivity index (χ0v) is 17.0. The highest BCUT2D eigenvalue weighted by atomic mass is 32.2. The SMILES string of the molecule is CCOc1ccc(NC(=O)CCN(c2ccc(C)c(C)c2)S(C)(=O)=O)cc1. The number of benzene rings is 2. The lowest BCUT2D eigenvalue weighted by Crippen LogP contribution is -2.33. The molecule has 1 N–H and O–H groups in total. The Labute approximate surface area is 161 Å². The van der Waals surface area contributed by atoms with Crippen LogP contribution in [0.3, 0.4) is 0 Å². The summed E-state index contributed by atoms with van der Waals surface area (Å²) in [6, 6.07) is 12.5. The van der Waals surface area contributed by atoms with Crippen molar-refractivity contribution in [2.75, 3.05) is 29.0 Å². The van der Waals surface area contributed by atoms with Crippen molar-refractivity contribution in [2.45, 2.75) is 27.2 Å². The van der Waals surface area contributed by atoms with Gasteiger partial charge in [0.25, 0.3) is 0 Å². The van der Waals surface area contributed by atoms with Crippen LogP contribution >= 0.6 is 0 Å². The maximum atomic E-state index is 12.2. The van der Waals surface area contributed by atoms with Crippen molar-refractivity contribution >= 4 is 27.3 Å². The van der Waals surface area contributed by atoms with Crippen molar-refractivity contribution in [3.05, 3.63) is 53.6 Å². The van der Waals surface area contributed by atoms with Crippen molar-refractivity contribution in [1.82, 2.24) is 0 Å². The molecule has 146 valence electrons. The van der Waals surface area contributed by atoms with Crippen molar-refractivity contribution in [3.63, 3.8) is 0 Å². The third-order valence-corrected chi connectivity index (χ3v) is 5.36. The molecule has 0 aliphatic carbocycles. The van der Waals surface area contributed by atoms with Gasteiger partial charge < -0.3 is 10.1 Å². The summed E-state index contributed by atoms with van der Waals surface area (Å²) < 4.78 is 31.0. The Hall–Kier alpha value is -2.54. The zero-order chi connectivity index (χ0) is 20.0. The fraction of sp³-hybridized carbons (Fsp3) is 0.350. The van der Waals surface area contributed by atoms with Crippen LogP contribution in [0.4, 0.5) is 11.4 Å². The average Bonchev–Trinajstić information content (AvgIpc) is 2.59. The third kappa shape index (κ3) is 5.99. The molecule has 27 heavy (non-hydrogen) atoms. The van der Waals surface area contributed by atoms with Gasteiger partial charge in [-0.3, -0.25) is 9.10 Å². The van der Waals surface area contributed by atoms with E-state index in [0.29, 0.717) is 18.0 Å². The summed E-state index contributed by atoms with van der Waals surface area (Å²) in [5.74, 6) is 0.477. The summed E-state index contributed by atoms with van der Waals surface area (Å²) in [5.41, 5.74) is 3.29. The summed E-state index contributed by atoms with van der Waals surface area (Å²) >= 11 is 0. The maximum absolute atomic E-state index is 12.2. The predicted molar refractivity (Wildman–Crippen MR) is 109 cm³/mol. The first kappa shape index (κ1) is 20.8. The van der Waals surface area contributed by atoms with Crippen LogP contribution in [0.5, 0.6) is 5.75 Å². The van der Waals surface area contributed by atoms with Crippen LogP contribution < -0.4 is 14.4 Å². The summed E-state index contributed by atoms with van der Waals surface area (Å²) in [5, 5.41) is 2.77. The fourth-order valence-electron chi connectivity index (χ4n) is 2.59. The van der Waals surface area contributed by atoms with Gasteiger partial charge in [-0.15, -0.1) is 0 Å². The van der Waals surface area contributed by atoms with Gasteiger partial charge in [-0.2, -0.15) is 0 Å². The molecule has 0 saturated carbocycles. The van der Waals surface area contributed by atoms with E-state index in [0.717, 1.165) is 23.1 Å². The fourth-order valence-corrected chi connectivity index (χ4v) is 3.51. The molecule has 0 saturated heterocycles. The molecule has 2 rings (SSSR count). The van der Waals surface area contributed by atoms with Gasteiger partial charge in [0.1, 0.15) is 5.75 Å². The second kappa shape index (κ2) is 8.90. The number of nitrogens with zero attached hydrogens (tertiary/aromatic N) is 1. The van der Waals surface area contributed by atoms with E-state index in [4.69, 9.17) is 4.74 Å². The minimum Gasteiger partial charge on any atom is -0.494 e. The number of hydrogen-bond acceptors (Lipinski definition) is 4. The molecule has 1 amide bonds. The normalized spacial score (nSPS) is 11.1. The van der Waals surface area contributed by atoms with Crippen LogP contribution in [0.2, 0.25) is 0 Å². The van der Waals surface area contributed by atoms with Gasteiger partial charge in [0.2, 0.25) is 15.9 Å². The molecule has 0 spiro atoms. The van der Waals surface area contributed by atoms with E-state index < -0.39 is 10.0 Å². The quantitative estimate of drug-likeness (QED) is 0.749. The molecule has 2 aromatic rings. The van der Waals surface area contributed by atoms with Crippen molar-refractivity contribution in [1.29, 1.82) is 0 Å². The van der Waals surface area contributed by atoms with Crippen molar-refractivity contribution < 1.29 is 17.9 Å². The van der Waals surface area contributed by atoms with E-state index in [2.05, 4.69) is 5.32 Å². The molecular formula is C20H26N2O4S. The Balaban J connectivity index is 2.04. The maximum Gasteiger partial charge on any atom is 0.232 e. The van der Waals surface area contributed by atoms with Crippen LogP contribution in [0, 0.1) is 13.8 Å². The van der Waals surface area contributed by atoms with Gasteiger partial charge in [-0.25, -0.2) is 8.42 Å². The highest BCUT2D eigenvalue weighted by Gasteiger charge is 2.19. The molecule has 0 unspecified atom stereocenters. The average molecular weight is 391 g/mol. The number of aryl methyl sites for hydroxylation is 2. The number of hydrogen-bond donors (Lipinski definition) is 1. The molecule has 6 nitrogen and oxygen atoms in total. The van der Waals surface area contributed by atoms with Crippen molar-refractivity contribution in [2.24, 2.45) is 0 Å². The summed E-state index contributed by atoms with van der Waals surface area (Å²) in [4.78, 5) is 12.2. The second-order valence-electron chi connectivity index (χ2n) is 6.36. The molecule has 2 aromatic carbocycles. The van der Waals surface area contributed by atoms with Gasteiger partial charge in [0.15, 0.2) is 0 Å². The minimum absolute atomic E-state index is 0.0488. The van der Waals surface area contributed by atoms with Crippen LogP contribution in [-0.4, -0.2) is 33.7 Å². The standard InChI is InChI=1S/C20H26N2O4S/c1-5-26-19-10-7-17(8-11-19)21-20(23)12-13-22(27(4,24)25)18-9-6-15(2)16(3)14-18/h6-11,14H,5,12-13H2,1-4H3,(H,21,23). The van der Waals surface area contributed by atoms with Crippen molar-refractivity contribution in [3.8, 4) is 5.75 Å². The van der Waals surface area contributed by atoms with Crippen LogP contribution in [0.25, 0.3) is 0 Å². The lowest BCUT2D eigenvalue weighted by molar-refractivity contribution is -0.116. The van der Waals surface area contributed by atoms with E-state index in [9.17, 15) is 13.2 Å². The van der Waals surface area contributed by atoms with Crippen LogP contribution in [0.1, 0.15) is 24.5 Å². The molecule has 0 aromatic heterocycles. The summed E-state index contributed by atoms with van der Waals surface area (Å²) in [6.45, 7) is 6.45. The number of carbonyl (C=O) groups is 1. The Morgan fingerprint density at radius 1 is 1.07 bits per heavy atom. The highest BCUT2D eigenvalue weighted by Crippen LogP contribution is 2.22. The molecule has 0 bridgehead atoms. The molecule has 0 fully saturated rings. The summed E-state index contributed by atoms with van der Waals surface area (Å²) in [7, 11) is -3.49. The second-order valence-corrected chi connectivity index (χ2v) is 8.27. The first-order chi connectivity index (χ1) is 12.7. The number of rotatable bonds is 8. The van der Waals surface area contributed by atoms with E-state index >= 15 is 0 Å². The molecule has 7 heteroatoms. The highest BCUT2D eigenvalue weighted by molar-refractivity contribution is 7.92. The smallest absolute Gasteiger partial charge is 0.232 e. The first-order valence-electron chi connectivity index (χ1n) is 8.78. The van der Waals surface area contributed by atoms with Gasteiger partial charge in [-0.05, 0) is 68.3 Å². The number of anilines is 2. The number of carbonyl (C=O) groups excluding carboxylic acids is 1. The Kier molecular flexibility index (Phi) is 6.85. The molecule has 0 aliphatic heterocycles. The number of amides is 1. The monoisotopic (exact) mass is 390 g/mol. The third-order valence-electron chi connectivity index (χ3n) is 4.17. The lowest BCUT2D eigenvalue weighted by Gasteiger charge is -2.23. The van der Waals surface area contributed by atoms with E-state index in [-0.39, 0.29) is 18.9 Å². The van der Waals surface area contributed by atoms with Gasteiger partial charge in [0, 0.05) is 18.7 Å². The van der Waals surface area contributed by atoms with Gasteiger partial charge >= 0.3 is 0 Å². The Morgan fingerprint density at radius 2 is 1.74 bits per heavy atom. The largest absolute Gasteiger partial charge is 0.494 e. The lowest BCUT2D eigenvalue weighted by atomic mass is 10.1. The molecule has 0 radical (unpaired) electrons. The van der Waals surface area contributed by atoms with Crippen LogP contribution in [0.15, 0.2) is 42.5 Å². The number of sulfonamides is 1. The van der Waals surface area contributed by atoms with Gasteiger partial charge in [0.05, 0.1) is 18.6 Å². The number of ether oxygens (including phenoxy) is 1. The summed E-state index contributed by atoms with van der Waals surface area (Å²) in [6.07, 6.45) is 1.19.